The Hall–Kier alpha value is -1.08. The molecule has 1 aliphatic carbocycles. The Morgan fingerprint density at radius 1 is 1.09 bits per heavy atom. The van der Waals surface area contributed by atoms with Gasteiger partial charge < -0.3 is 13.6 Å². The van der Waals surface area contributed by atoms with Gasteiger partial charge in [-0.3, -0.25) is 14.3 Å². The number of H-pyrrole nitrogens is 1. The van der Waals surface area contributed by atoms with E-state index in [1.165, 1.54) is 0 Å². The van der Waals surface area contributed by atoms with Gasteiger partial charge in [-0.15, -0.1) is 0 Å². The van der Waals surface area contributed by atoms with E-state index in [1.807, 2.05) is 0 Å². The van der Waals surface area contributed by atoms with Gasteiger partial charge in [-0.2, -0.15) is 4.39 Å². The Bertz CT molecular complexity index is 1020. The number of halogens is 1. The van der Waals surface area contributed by atoms with Crippen molar-refractivity contribution < 1.29 is 18.0 Å². The largest absolute Gasteiger partial charge is 0.414 e. The lowest BCUT2D eigenvalue weighted by Crippen LogP contribution is -2.56. The average Bonchev–Trinajstić information content (AvgIpc) is 3.45. The molecule has 1 aromatic rings. The van der Waals surface area contributed by atoms with E-state index >= 15 is 0 Å². The van der Waals surface area contributed by atoms with Crippen molar-refractivity contribution in [2.24, 2.45) is 5.92 Å². The van der Waals surface area contributed by atoms with Gasteiger partial charge >= 0.3 is 5.69 Å². The van der Waals surface area contributed by atoms with Crippen LogP contribution >= 0.6 is 0 Å². The van der Waals surface area contributed by atoms with Crippen LogP contribution < -0.4 is 11.2 Å². The normalized spacial score (nSPS) is 26.8. The van der Waals surface area contributed by atoms with Gasteiger partial charge in [0, 0.05) is 6.42 Å². The number of hydrogen-bond donors (Lipinski definition) is 1. The topological polar surface area (TPSA) is 82.5 Å². The quantitative estimate of drug-likeness (QED) is 0.509. The molecule has 194 valence electrons. The summed E-state index contributed by atoms with van der Waals surface area (Å²) in [6.45, 7) is 22.4. The second kappa shape index (κ2) is 8.79. The maximum Gasteiger partial charge on any atom is 0.330 e. The molecule has 3 atom stereocenters. The maximum atomic E-state index is 14.1. The fourth-order valence-corrected chi connectivity index (χ4v) is 6.35. The van der Waals surface area contributed by atoms with Gasteiger partial charge in [0.2, 0.25) is 5.82 Å². The van der Waals surface area contributed by atoms with Gasteiger partial charge in [-0.05, 0) is 55.0 Å². The average molecular weight is 515 g/mol. The lowest BCUT2D eigenvalue weighted by molar-refractivity contribution is -0.136. The first-order valence-electron chi connectivity index (χ1n) is 12.3. The molecule has 7 nitrogen and oxygen atoms in total. The standard InChI is InChI=1S/C24H43FN2O5Si2/c1-22(2,3)33(7,8)30-15-24(16-11-12-16)18(32-34(9,10)23(4,5)6)13-19(31-24)27-14-17(25)20(28)26-21(27)29/h14,16,18-19H,11-13,15H2,1-10H3,(H,26,28,29)/t18-,19+,24-/m0/s1. The zero-order valence-electron chi connectivity index (χ0n) is 22.5. The predicted molar refractivity (Wildman–Crippen MR) is 137 cm³/mol. The molecule has 3 rings (SSSR count). The molecule has 0 spiro atoms. The summed E-state index contributed by atoms with van der Waals surface area (Å²) >= 11 is 0. The molecule has 2 fully saturated rings. The first-order valence-corrected chi connectivity index (χ1v) is 18.1. The molecule has 0 amide bonds. The molecule has 1 aliphatic heterocycles. The van der Waals surface area contributed by atoms with Crippen molar-refractivity contribution in [3.8, 4) is 0 Å². The smallest absolute Gasteiger partial charge is 0.330 e. The van der Waals surface area contributed by atoms with Crippen LogP contribution in [0, 0.1) is 11.7 Å². The van der Waals surface area contributed by atoms with Gasteiger partial charge in [0.1, 0.15) is 11.8 Å². The van der Waals surface area contributed by atoms with Crippen LogP contribution in [0.2, 0.25) is 36.3 Å². The van der Waals surface area contributed by atoms with Crippen molar-refractivity contribution >= 4 is 16.6 Å². The van der Waals surface area contributed by atoms with E-state index < -0.39 is 45.5 Å². The first-order chi connectivity index (χ1) is 15.3. The molecule has 1 saturated heterocycles. The van der Waals surface area contributed by atoms with E-state index in [0.717, 1.165) is 23.6 Å². The van der Waals surface area contributed by atoms with Crippen LogP contribution in [0.4, 0.5) is 4.39 Å². The van der Waals surface area contributed by atoms with Crippen LogP contribution in [0.15, 0.2) is 15.8 Å². The molecule has 1 aromatic heterocycles. The van der Waals surface area contributed by atoms with Gasteiger partial charge in [0.05, 0.1) is 18.9 Å². The van der Waals surface area contributed by atoms with Gasteiger partial charge in [0.25, 0.3) is 5.56 Å². The van der Waals surface area contributed by atoms with E-state index in [-0.39, 0.29) is 22.1 Å². The van der Waals surface area contributed by atoms with Crippen molar-refractivity contribution in [2.75, 3.05) is 6.61 Å². The second-order valence-electron chi connectivity index (χ2n) is 13.1. The molecule has 0 bridgehead atoms. The molecule has 34 heavy (non-hydrogen) atoms. The molecule has 0 aromatic carbocycles. The fraction of sp³-hybridized carbons (Fsp3) is 0.833. The van der Waals surface area contributed by atoms with Gasteiger partial charge in [0.15, 0.2) is 16.6 Å². The third kappa shape index (κ3) is 5.21. The van der Waals surface area contributed by atoms with Crippen molar-refractivity contribution in [3.63, 3.8) is 0 Å². The molecule has 1 N–H and O–H groups in total. The van der Waals surface area contributed by atoms with E-state index in [1.54, 1.807) is 0 Å². The molecule has 0 radical (unpaired) electrons. The minimum absolute atomic E-state index is 0.0123. The molecule has 0 unspecified atom stereocenters. The summed E-state index contributed by atoms with van der Waals surface area (Å²) in [5, 5.41) is 0.0199. The van der Waals surface area contributed by atoms with Crippen molar-refractivity contribution in [1.29, 1.82) is 0 Å². The minimum Gasteiger partial charge on any atom is -0.414 e. The Kier molecular flexibility index (Phi) is 7.11. The number of nitrogens with one attached hydrogen (secondary N) is 1. The van der Waals surface area contributed by atoms with Crippen LogP contribution in [-0.2, 0) is 13.6 Å². The van der Waals surface area contributed by atoms with Crippen LogP contribution in [0.25, 0.3) is 0 Å². The fourth-order valence-electron chi connectivity index (χ4n) is 3.97. The number of aromatic amines is 1. The zero-order chi connectivity index (χ0) is 25.9. The van der Waals surface area contributed by atoms with Crippen LogP contribution in [0.1, 0.15) is 67.0 Å². The third-order valence-corrected chi connectivity index (χ3v) is 17.5. The van der Waals surface area contributed by atoms with Crippen molar-refractivity contribution in [2.45, 2.75) is 115 Å². The lowest BCUT2D eigenvalue weighted by Gasteiger charge is -2.45. The number of nitrogens with zero attached hydrogens (tertiary/aromatic N) is 1. The van der Waals surface area contributed by atoms with Crippen molar-refractivity contribution in [1.82, 2.24) is 9.55 Å². The summed E-state index contributed by atoms with van der Waals surface area (Å²) in [7, 11) is -4.29. The Balaban J connectivity index is 2.03. The highest BCUT2D eigenvalue weighted by Gasteiger charge is 2.61. The van der Waals surface area contributed by atoms with Gasteiger partial charge in [-0.25, -0.2) is 4.79 Å². The minimum atomic E-state index is -2.20. The summed E-state index contributed by atoms with van der Waals surface area (Å²) in [4.78, 5) is 26.2. The molecule has 2 aliphatic rings. The van der Waals surface area contributed by atoms with Crippen LogP contribution in [-0.4, -0.2) is 44.5 Å². The molecular weight excluding hydrogens is 471 g/mol. The Morgan fingerprint density at radius 3 is 2.15 bits per heavy atom. The van der Waals surface area contributed by atoms with Crippen LogP contribution in [0.5, 0.6) is 0 Å². The van der Waals surface area contributed by atoms with E-state index in [4.69, 9.17) is 13.6 Å². The number of ether oxygens (including phenoxy) is 1. The predicted octanol–water partition coefficient (Wildman–Crippen LogP) is 5.16. The SMILES string of the molecule is CC(C)(C)[Si](C)(C)OC[C@@]1(C2CC2)O[C@@H](n2cc(F)c(=O)[nH]c2=O)C[C@@H]1O[Si](C)(C)C(C)(C)C. The van der Waals surface area contributed by atoms with Crippen molar-refractivity contribution in [3.05, 3.63) is 32.9 Å². The van der Waals surface area contributed by atoms with E-state index in [0.29, 0.717) is 13.0 Å². The van der Waals surface area contributed by atoms with Crippen LogP contribution in [0.3, 0.4) is 0 Å². The number of hydrogen-bond acceptors (Lipinski definition) is 5. The molecule has 10 heteroatoms. The molecule has 1 saturated carbocycles. The number of aromatic nitrogens is 2. The highest BCUT2D eigenvalue weighted by atomic mass is 28.4. The zero-order valence-corrected chi connectivity index (χ0v) is 24.5. The second-order valence-corrected chi connectivity index (χ2v) is 22.7. The highest BCUT2D eigenvalue weighted by molar-refractivity contribution is 6.74. The summed E-state index contributed by atoms with van der Waals surface area (Å²) in [5.41, 5.74) is -2.43. The monoisotopic (exact) mass is 514 g/mol. The summed E-state index contributed by atoms with van der Waals surface area (Å²) in [6.07, 6.45) is 2.32. The molecule has 2 heterocycles. The molecular formula is C24H43FN2O5Si2. The summed E-state index contributed by atoms with van der Waals surface area (Å²) < 4.78 is 35.6. The van der Waals surface area contributed by atoms with E-state index in [2.05, 4.69) is 72.7 Å². The third-order valence-electron chi connectivity index (χ3n) is 8.53. The van der Waals surface area contributed by atoms with Gasteiger partial charge in [-0.1, -0.05) is 41.5 Å². The maximum absolute atomic E-state index is 14.1. The first kappa shape index (κ1) is 27.5. The lowest BCUT2D eigenvalue weighted by atomic mass is 9.92. The highest BCUT2D eigenvalue weighted by Crippen LogP contribution is 2.54. The summed E-state index contributed by atoms with van der Waals surface area (Å²) in [6, 6.07) is 0. The summed E-state index contributed by atoms with van der Waals surface area (Å²) in [5.74, 6) is -0.758. The van der Waals surface area contributed by atoms with E-state index in [9.17, 15) is 14.0 Å². The number of rotatable bonds is 7. The Morgan fingerprint density at radius 2 is 1.65 bits per heavy atom. The Labute approximate surface area is 204 Å².